The first-order valence-electron chi connectivity index (χ1n) is 17.1. The summed E-state index contributed by atoms with van der Waals surface area (Å²) >= 11 is 3.56. The van der Waals surface area contributed by atoms with E-state index < -0.39 is 46.6 Å². The molecule has 0 saturated heterocycles. The summed E-state index contributed by atoms with van der Waals surface area (Å²) in [4.78, 5) is 30.5. The Labute approximate surface area is 290 Å². The Balaban J connectivity index is 1.61. The van der Waals surface area contributed by atoms with E-state index in [1.165, 1.54) is 0 Å². The number of unbranched alkanes of at least 4 members (excludes halogenated alkanes) is 2. The van der Waals surface area contributed by atoms with Crippen LogP contribution in [0.1, 0.15) is 117 Å². The summed E-state index contributed by atoms with van der Waals surface area (Å²) in [6.07, 6.45) is 4.22. The highest BCUT2D eigenvalue weighted by molar-refractivity contribution is 9.10. The minimum Gasteiger partial charge on any atom is -0.508 e. The molecular formula is C36H49BrFN3O7. The second-order valence-corrected chi connectivity index (χ2v) is 15.5. The first-order valence-corrected chi connectivity index (χ1v) is 17.9. The number of fused-ring (bicyclic) bond motifs is 4. The molecule has 3 aliphatic carbocycles. The minimum atomic E-state index is -2.45. The predicted molar refractivity (Wildman–Crippen MR) is 182 cm³/mol. The molecule has 0 aliphatic heterocycles. The smallest absolute Gasteiger partial charge is 0.265 e. The van der Waals surface area contributed by atoms with Crippen molar-refractivity contribution in [3.63, 3.8) is 0 Å². The summed E-state index contributed by atoms with van der Waals surface area (Å²) < 4.78 is 34.5. The van der Waals surface area contributed by atoms with Crippen molar-refractivity contribution in [1.82, 2.24) is 15.4 Å². The van der Waals surface area contributed by atoms with Gasteiger partial charge in [0.15, 0.2) is 17.1 Å². The molecule has 1 aromatic carbocycles. The van der Waals surface area contributed by atoms with Gasteiger partial charge in [-0.2, -0.15) is 0 Å². The lowest BCUT2D eigenvalue weighted by Crippen LogP contribution is -2.59. The second-order valence-electron chi connectivity index (χ2n) is 14.7. The van der Waals surface area contributed by atoms with Crippen molar-refractivity contribution in [2.75, 3.05) is 33.9 Å². The number of carbonyl (C=O) groups excluding carboxylic acids is 2. The molecule has 3 aliphatic rings. The van der Waals surface area contributed by atoms with Crippen LogP contribution in [0.15, 0.2) is 20.3 Å². The number of hydrogen-bond acceptors (Lipinski definition) is 10. The van der Waals surface area contributed by atoms with Gasteiger partial charge in [-0.25, -0.2) is 4.39 Å². The van der Waals surface area contributed by atoms with E-state index in [-0.39, 0.29) is 71.1 Å². The highest BCUT2D eigenvalue weighted by Crippen LogP contribution is 2.57. The Morgan fingerprint density at radius 3 is 2.42 bits per heavy atom. The monoisotopic (exact) mass is 733 g/mol. The van der Waals surface area contributed by atoms with E-state index in [1.807, 2.05) is 13.8 Å². The van der Waals surface area contributed by atoms with Crippen LogP contribution in [-0.2, 0) is 13.0 Å². The van der Waals surface area contributed by atoms with Gasteiger partial charge in [0.25, 0.3) is 5.88 Å². The van der Waals surface area contributed by atoms with Gasteiger partial charge in [0.2, 0.25) is 5.78 Å². The summed E-state index contributed by atoms with van der Waals surface area (Å²) in [6.45, 7) is 11.9. The molecule has 5 rings (SSSR count). The number of hydrogen-bond donors (Lipinski definition) is 3. The first kappa shape index (κ1) is 36.5. The topological polar surface area (TPSA) is 134 Å². The van der Waals surface area contributed by atoms with Gasteiger partial charge in [0.1, 0.15) is 22.9 Å². The molecule has 2 aromatic rings. The fourth-order valence-corrected chi connectivity index (χ4v) is 7.86. The van der Waals surface area contributed by atoms with Gasteiger partial charge in [-0.1, -0.05) is 47.5 Å². The van der Waals surface area contributed by atoms with Crippen LogP contribution in [0.25, 0.3) is 0 Å². The van der Waals surface area contributed by atoms with Gasteiger partial charge in [0, 0.05) is 29.2 Å². The third-order valence-corrected chi connectivity index (χ3v) is 10.7. The number of nitrogens with one attached hydrogen (secondary N) is 1. The van der Waals surface area contributed by atoms with Gasteiger partial charge < -0.3 is 29.5 Å². The van der Waals surface area contributed by atoms with Gasteiger partial charge in [0.05, 0.1) is 29.3 Å². The van der Waals surface area contributed by atoms with Gasteiger partial charge in [-0.15, -0.1) is 0 Å². The van der Waals surface area contributed by atoms with Crippen LogP contribution < -0.4 is 14.8 Å². The molecule has 1 aromatic heterocycles. The number of ketones is 2. The summed E-state index contributed by atoms with van der Waals surface area (Å²) in [5.74, 6) is -3.91. The second kappa shape index (κ2) is 14.2. The number of aliphatic hydroxyl groups is 2. The lowest BCUT2D eigenvalue weighted by Gasteiger charge is -2.49. The average molecular weight is 735 g/mol. The van der Waals surface area contributed by atoms with E-state index in [0.717, 1.165) is 19.3 Å². The zero-order valence-corrected chi connectivity index (χ0v) is 30.7. The lowest BCUT2D eigenvalue weighted by atomic mass is 9.58. The Bertz CT molecular complexity index is 1600. The van der Waals surface area contributed by atoms with Crippen molar-refractivity contribution in [2.45, 2.75) is 97.8 Å². The average Bonchev–Trinajstić information content (AvgIpc) is 3.43. The van der Waals surface area contributed by atoms with Crippen molar-refractivity contribution in [3.8, 4) is 11.6 Å². The number of halogens is 2. The number of carbonyl (C=O) groups is 2. The third kappa shape index (κ3) is 6.33. The zero-order chi connectivity index (χ0) is 35.1. The van der Waals surface area contributed by atoms with Crippen molar-refractivity contribution in [2.24, 2.45) is 17.3 Å². The van der Waals surface area contributed by atoms with E-state index in [2.05, 4.69) is 47.2 Å². The van der Waals surface area contributed by atoms with Crippen molar-refractivity contribution >= 4 is 27.5 Å². The maximum atomic E-state index is 16.6. The number of aromatic nitrogens is 1. The molecule has 0 bridgehead atoms. The van der Waals surface area contributed by atoms with Gasteiger partial charge in [-0.3, -0.25) is 14.5 Å². The molecular weight excluding hydrogens is 685 g/mol. The van der Waals surface area contributed by atoms with Crippen LogP contribution in [0.5, 0.6) is 11.6 Å². The first-order chi connectivity index (χ1) is 22.7. The van der Waals surface area contributed by atoms with Crippen LogP contribution >= 0.6 is 15.9 Å². The number of rotatable bonds is 13. The Kier molecular flexibility index (Phi) is 10.8. The molecule has 0 spiro atoms. The molecule has 0 radical (unpaired) electrons. The van der Waals surface area contributed by atoms with Crippen LogP contribution in [-0.4, -0.2) is 71.3 Å². The summed E-state index contributed by atoms with van der Waals surface area (Å²) in [5.41, 5.74) is -1.89. The predicted octanol–water partition coefficient (Wildman–Crippen LogP) is 6.88. The highest BCUT2D eigenvalue weighted by Gasteiger charge is 2.64. The lowest BCUT2D eigenvalue weighted by molar-refractivity contribution is -0.0559. The van der Waals surface area contributed by atoms with Crippen LogP contribution in [0, 0.1) is 23.1 Å². The summed E-state index contributed by atoms with van der Waals surface area (Å²) in [6, 6.07) is -0.691. The highest BCUT2D eigenvalue weighted by atomic mass is 79.9. The Morgan fingerprint density at radius 1 is 1.12 bits per heavy atom. The molecule has 10 nitrogen and oxygen atoms in total. The minimum absolute atomic E-state index is 0.00967. The normalized spacial score (nSPS) is 23.6. The molecule has 1 heterocycles. The SMILES string of the molecule is CCCCOc1noc2c1C(=O)[C@@]1(O)C(O)=C3C(=O)c4c(c(F)c(CNCCC(C)(C)C)c(Br)c4OCCCC)C[C@H]3C[C@H]1[C@@H]2N(C)C. The molecule has 0 saturated carbocycles. The van der Waals surface area contributed by atoms with E-state index in [4.69, 9.17) is 14.0 Å². The van der Waals surface area contributed by atoms with E-state index in [0.29, 0.717) is 36.0 Å². The fourth-order valence-electron chi connectivity index (χ4n) is 7.23. The number of Topliss-reactive ketones (excluding diaryl/α,β-unsaturated/α-hetero) is 2. The van der Waals surface area contributed by atoms with Crippen LogP contribution in [0.2, 0.25) is 0 Å². The zero-order valence-electron chi connectivity index (χ0n) is 29.1. The molecule has 0 fully saturated rings. The fraction of sp³-hybridized carbons (Fsp3) is 0.639. The molecule has 264 valence electrons. The van der Waals surface area contributed by atoms with Crippen LogP contribution in [0.3, 0.4) is 0 Å². The largest absolute Gasteiger partial charge is 0.508 e. The molecule has 12 heteroatoms. The third-order valence-electron chi connectivity index (χ3n) is 9.85. The Morgan fingerprint density at radius 2 is 1.79 bits per heavy atom. The van der Waals surface area contributed by atoms with E-state index in [9.17, 15) is 19.8 Å². The van der Waals surface area contributed by atoms with E-state index >= 15 is 4.39 Å². The number of ether oxygens (including phenoxy) is 2. The van der Waals surface area contributed by atoms with Gasteiger partial charge in [-0.05, 0) is 85.2 Å². The molecule has 48 heavy (non-hydrogen) atoms. The summed E-state index contributed by atoms with van der Waals surface area (Å²) in [5, 5.41) is 31.6. The molecule has 3 N–H and O–H groups in total. The molecule has 4 atom stereocenters. The van der Waals surface area contributed by atoms with Crippen molar-refractivity contribution < 1.29 is 38.2 Å². The molecule has 0 amide bonds. The maximum Gasteiger partial charge on any atom is 0.265 e. The van der Waals surface area contributed by atoms with Crippen molar-refractivity contribution in [1.29, 1.82) is 0 Å². The van der Waals surface area contributed by atoms with Crippen molar-refractivity contribution in [3.05, 3.63) is 49.6 Å². The number of nitrogens with zero attached hydrogens (tertiary/aromatic N) is 2. The quantitative estimate of drug-likeness (QED) is 0.187. The number of aliphatic hydroxyl groups excluding tert-OH is 1. The molecule has 0 unspecified atom stereocenters. The maximum absolute atomic E-state index is 16.6. The summed E-state index contributed by atoms with van der Waals surface area (Å²) in [7, 11) is 3.55. The Hall–Kier alpha value is -2.80. The van der Waals surface area contributed by atoms with Gasteiger partial charge >= 0.3 is 0 Å². The standard InChI is InChI=1S/C36H49BrFN3O7/c1-8-10-14-46-30-24-20(27(38)21(26(30)37)18-39-13-12-35(3,4)5)16-19-17-22-28(41(6)7)31-25(34(40-48-31)47-15-11-9-2)33(44)36(22,45)32(43)23(19)29(24)42/h19,22,28,39,43,45H,8-18H2,1-7H3/t19-,22-,28-,36-/m0/s1. The number of allylic oxidation sites excluding steroid dienone is 1. The number of benzene rings is 1. The van der Waals surface area contributed by atoms with Crippen LogP contribution in [0.4, 0.5) is 4.39 Å². The van der Waals surface area contributed by atoms with E-state index in [1.54, 1.807) is 19.0 Å².